The van der Waals surface area contributed by atoms with Gasteiger partial charge in [-0.15, -0.1) is 0 Å². The highest BCUT2D eigenvalue weighted by Crippen LogP contribution is 2.23. The summed E-state index contributed by atoms with van der Waals surface area (Å²) in [4.78, 5) is 19.4. The summed E-state index contributed by atoms with van der Waals surface area (Å²) < 4.78 is 7.94. The van der Waals surface area contributed by atoms with E-state index in [-0.39, 0.29) is 0 Å². The number of rotatable bonds is 4. The van der Waals surface area contributed by atoms with E-state index in [1.165, 1.54) is 0 Å². The SMILES string of the molecule is Cc1nc2cnccc2n1-c1ccc(OCC2=CC=CC(=C=O)C2)cc1. The smallest absolute Gasteiger partial charge is 0.128 e. The van der Waals surface area contributed by atoms with E-state index in [2.05, 4.69) is 14.5 Å². The van der Waals surface area contributed by atoms with Crippen LogP contribution in [0.3, 0.4) is 0 Å². The molecule has 0 amide bonds. The third kappa shape index (κ3) is 3.08. The molecule has 5 heteroatoms. The molecule has 5 nitrogen and oxygen atoms in total. The van der Waals surface area contributed by atoms with Crippen LogP contribution in [-0.4, -0.2) is 27.1 Å². The van der Waals surface area contributed by atoms with Crippen LogP contribution in [0.25, 0.3) is 16.7 Å². The van der Waals surface area contributed by atoms with Crippen molar-refractivity contribution in [1.29, 1.82) is 0 Å². The van der Waals surface area contributed by atoms with E-state index in [9.17, 15) is 4.79 Å². The van der Waals surface area contributed by atoms with Crippen LogP contribution < -0.4 is 4.74 Å². The summed E-state index contributed by atoms with van der Waals surface area (Å²) in [7, 11) is 0. The summed E-state index contributed by atoms with van der Waals surface area (Å²) in [6, 6.07) is 9.86. The van der Waals surface area contributed by atoms with Gasteiger partial charge in [0, 0.05) is 23.9 Å². The number of ether oxygens (including phenoxy) is 1. The molecule has 0 saturated heterocycles. The van der Waals surface area contributed by atoms with Crippen molar-refractivity contribution in [3.63, 3.8) is 0 Å². The second-order valence-corrected chi connectivity index (χ2v) is 6.13. The monoisotopic (exact) mass is 343 g/mol. The van der Waals surface area contributed by atoms with E-state index in [4.69, 9.17) is 4.74 Å². The minimum atomic E-state index is 0.452. The lowest BCUT2D eigenvalue weighted by molar-refractivity contribution is 0.349. The van der Waals surface area contributed by atoms with Crippen LogP contribution in [0.15, 0.2) is 72.1 Å². The highest BCUT2D eigenvalue weighted by Gasteiger charge is 2.10. The van der Waals surface area contributed by atoms with Crippen molar-refractivity contribution >= 4 is 17.0 Å². The Morgan fingerprint density at radius 3 is 2.88 bits per heavy atom. The van der Waals surface area contributed by atoms with E-state index in [0.29, 0.717) is 18.6 Å². The van der Waals surface area contributed by atoms with Crippen molar-refractivity contribution in [2.24, 2.45) is 0 Å². The molecule has 1 aliphatic carbocycles. The predicted molar refractivity (Wildman–Crippen MR) is 100 cm³/mol. The number of hydrogen-bond acceptors (Lipinski definition) is 4. The third-order valence-corrected chi connectivity index (χ3v) is 4.32. The molecule has 1 aromatic carbocycles. The molecule has 0 bridgehead atoms. The van der Waals surface area contributed by atoms with Crippen molar-refractivity contribution in [2.75, 3.05) is 6.61 Å². The zero-order valence-electron chi connectivity index (χ0n) is 14.3. The number of hydrogen-bond donors (Lipinski definition) is 0. The number of benzene rings is 1. The van der Waals surface area contributed by atoms with Gasteiger partial charge in [0.15, 0.2) is 0 Å². The number of nitrogens with zero attached hydrogens (tertiary/aromatic N) is 3. The maximum Gasteiger partial charge on any atom is 0.128 e. The van der Waals surface area contributed by atoms with E-state index in [1.54, 1.807) is 18.5 Å². The first-order valence-corrected chi connectivity index (χ1v) is 8.37. The molecular weight excluding hydrogens is 326 g/mol. The molecule has 0 radical (unpaired) electrons. The van der Waals surface area contributed by atoms with Crippen molar-refractivity contribution < 1.29 is 9.53 Å². The van der Waals surface area contributed by atoms with Crippen molar-refractivity contribution in [1.82, 2.24) is 14.5 Å². The molecule has 0 N–H and O–H groups in total. The molecule has 0 atom stereocenters. The fourth-order valence-electron chi connectivity index (χ4n) is 3.08. The number of pyridine rings is 1. The van der Waals surface area contributed by atoms with Gasteiger partial charge in [-0.3, -0.25) is 9.55 Å². The van der Waals surface area contributed by atoms with Gasteiger partial charge in [0.05, 0.1) is 11.7 Å². The van der Waals surface area contributed by atoms with Crippen molar-refractivity contribution in [2.45, 2.75) is 13.3 Å². The number of carbonyl (C=O) groups excluding carboxylic acids is 1. The van der Waals surface area contributed by atoms with Gasteiger partial charge in [-0.1, -0.05) is 12.2 Å². The second kappa shape index (κ2) is 6.82. The van der Waals surface area contributed by atoms with Crippen molar-refractivity contribution in [3.8, 4) is 11.4 Å². The van der Waals surface area contributed by atoms with Crippen LogP contribution in [-0.2, 0) is 4.79 Å². The Morgan fingerprint density at radius 2 is 2.08 bits per heavy atom. The Kier molecular flexibility index (Phi) is 4.22. The van der Waals surface area contributed by atoms with Gasteiger partial charge in [-0.25, -0.2) is 9.78 Å². The molecule has 128 valence electrons. The number of fused-ring (bicyclic) bond motifs is 1. The van der Waals surface area contributed by atoms with Gasteiger partial charge < -0.3 is 4.74 Å². The van der Waals surface area contributed by atoms with Gasteiger partial charge in [-0.2, -0.15) is 0 Å². The molecule has 0 saturated carbocycles. The fraction of sp³-hybridized carbons (Fsp3) is 0.143. The molecule has 0 aliphatic heterocycles. The minimum absolute atomic E-state index is 0.452. The molecule has 3 aromatic rings. The highest BCUT2D eigenvalue weighted by molar-refractivity contribution is 5.77. The Hall–Kier alpha value is -3.43. The van der Waals surface area contributed by atoms with Crippen LogP contribution in [0, 0.1) is 6.92 Å². The third-order valence-electron chi connectivity index (χ3n) is 4.32. The van der Waals surface area contributed by atoms with Crippen LogP contribution in [0.2, 0.25) is 0 Å². The van der Waals surface area contributed by atoms with Crippen LogP contribution in [0.4, 0.5) is 0 Å². The predicted octanol–water partition coefficient (Wildman–Crippen LogP) is 3.75. The lowest BCUT2D eigenvalue weighted by atomic mass is 10.0. The minimum Gasteiger partial charge on any atom is -0.489 e. The first-order chi connectivity index (χ1) is 12.7. The highest BCUT2D eigenvalue weighted by atomic mass is 16.5. The van der Waals surface area contributed by atoms with Gasteiger partial charge in [0.25, 0.3) is 0 Å². The average molecular weight is 343 g/mol. The average Bonchev–Trinajstić information content (AvgIpc) is 3.02. The molecule has 26 heavy (non-hydrogen) atoms. The first kappa shape index (κ1) is 16.1. The number of aromatic nitrogens is 3. The summed E-state index contributed by atoms with van der Waals surface area (Å²) >= 11 is 0. The largest absolute Gasteiger partial charge is 0.489 e. The summed E-state index contributed by atoms with van der Waals surface area (Å²) in [5, 5.41) is 0. The van der Waals surface area contributed by atoms with E-state index in [0.717, 1.165) is 33.9 Å². The molecule has 2 aromatic heterocycles. The first-order valence-electron chi connectivity index (χ1n) is 8.37. The van der Waals surface area contributed by atoms with E-state index < -0.39 is 0 Å². The maximum atomic E-state index is 10.8. The lowest BCUT2D eigenvalue weighted by Gasteiger charge is -2.12. The fourth-order valence-corrected chi connectivity index (χ4v) is 3.08. The van der Waals surface area contributed by atoms with Gasteiger partial charge >= 0.3 is 0 Å². The quantitative estimate of drug-likeness (QED) is 0.677. The molecule has 1 aliphatic rings. The number of aryl methyl sites for hydroxylation is 1. The normalized spacial score (nSPS) is 13.6. The summed E-state index contributed by atoms with van der Waals surface area (Å²) in [6.07, 6.45) is 9.74. The Morgan fingerprint density at radius 1 is 1.23 bits per heavy atom. The Labute approximate surface area is 151 Å². The van der Waals surface area contributed by atoms with Gasteiger partial charge in [-0.05, 0) is 48.9 Å². The summed E-state index contributed by atoms with van der Waals surface area (Å²) in [5.74, 6) is 3.64. The lowest BCUT2D eigenvalue weighted by Crippen LogP contribution is -2.04. The molecule has 4 rings (SSSR count). The maximum absolute atomic E-state index is 10.8. The Bertz CT molecular complexity index is 1070. The number of allylic oxidation sites excluding steroid dienone is 4. The summed E-state index contributed by atoms with van der Waals surface area (Å²) in [5.41, 5.74) is 4.63. The topological polar surface area (TPSA) is 57.0 Å². The Balaban J connectivity index is 1.52. The molecule has 2 heterocycles. The van der Waals surface area contributed by atoms with Gasteiger partial charge in [0.2, 0.25) is 0 Å². The number of imidazole rings is 1. The zero-order chi connectivity index (χ0) is 17.9. The second-order valence-electron chi connectivity index (χ2n) is 6.13. The van der Waals surface area contributed by atoms with Crippen LogP contribution in [0.1, 0.15) is 12.2 Å². The van der Waals surface area contributed by atoms with Crippen LogP contribution in [0.5, 0.6) is 5.75 Å². The van der Waals surface area contributed by atoms with Gasteiger partial charge in [0.1, 0.15) is 29.6 Å². The molecule has 0 unspecified atom stereocenters. The van der Waals surface area contributed by atoms with E-state index in [1.807, 2.05) is 55.3 Å². The zero-order valence-corrected chi connectivity index (χ0v) is 14.3. The molecule has 0 spiro atoms. The van der Waals surface area contributed by atoms with Crippen molar-refractivity contribution in [3.05, 3.63) is 77.9 Å². The molecule has 0 fully saturated rings. The van der Waals surface area contributed by atoms with Crippen LogP contribution >= 0.6 is 0 Å². The van der Waals surface area contributed by atoms with E-state index >= 15 is 0 Å². The summed E-state index contributed by atoms with van der Waals surface area (Å²) in [6.45, 7) is 2.43. The molecular formula is C21H17N3O2. The standard InChI is InChI=1S/C21H17N3O2/c1-15-23-20-12-22-10-9-21(20)24(15)18-5-7-19(8-6-18)26-14-17-4-2-3-16(11-17)13-25/h2-10,12H,11,14H2,1H3.